The van der Waals surface area contributed by atoms with Gasteiger partial charge in [0.05, 0.1) is 16.6 Å². The third-order valence-corrected chi connectivity index (χ3v) is 16.1. The summed E-state index contributed by atoms with van der Waals surface area (Å²) in [6, 6.07) is 90.2. The number of hydrogen-bond acceptors (Lipinski definition) is 2. The molecule has 12 aromatic rings. The lowest BCUT2D eigenvalue weighted by Gasteiger charge is -2.38. The van der Waals surface area contributed by atoms with E-state index in [0.717, 1.165) is 29.9 Å². The number of para-hydroxylation sites is 1. The molecule has 2 heterocycles. The first-order chi connectivity index (χ1) is 34.7. The highest BCUT2D eigenvalue weighted by molar-refractivity contribution is 7.25. The van der Waals surface area contributed by atoms with Crippen molar-refractivity contribution in [3.05, 3.63) is 275 Å². The third kappa shape index (κ3) is 6.18. The van der Waals surface area contributed by atoms with Crippen molar-refractivity contribution in [2.24, 2.45) is 0 Å². The van der Waals surface area contributed by atoms with Crippen molar-refractivity contribution in [2.75, 3.05) is 4.90 Å². The molecule has 0 saturated heterocycles. The van der Waals surface area contributed by atoms with Gasteiger partial charge in [-0.3, -0.25) is 0 Å². The summed E-state index contributed by atoms with van der Waals surface area (Å²) in [5, 5.41) is 6.55. The van der Waals surface area contributed by atoms with Crippen LogP contribution in [0.25, 0.3) is 82.3 Å². The van der Waals surface area contributed by atoms with Gasteiger partial charge in [-0.25, -0.2) is 0 Å². The van der Waals surface area contributed by atoms with Crippen LogP contribution >= 0.6 is 11.3 Å². The average molecular weight is 911 g/mol. The van der Waals surface area contributed by atoms with E-state index in [2.05, 4.69) is 264 Å². The molecule has 0 aliphatic heterocycles. The van der Waals surface area contributed by atoms with Crippen LogP contribution in [0.1, 0.15) is 35.1 Å². The zero-order valence-electron chi connectivity index (χ0n) is 38.5. The molecule has 3 heteroatoms. The first kappa shape index (κ1) is 40.6. The minimum atomic E-state index is -0.587. The van der Waals surface area contributed by atoms with Crippen molar-refractivity contribution in [1.82, 2.24) is 4.57 Å². The first-order valence-electron chi connectivity index (χ1n) is 24.4. The van der Waals surface area contributed by atoms with E-state index in [1.165, 1.54) is 103 Å². The summed E-state index contributed by atoms with van der Waals surface area (Å²) in [7, 11) is 0. The lowest BCUT2D eigenvalue weighted by Crippen LogP contribution is -2.30. The molecule has 2 aromatic heterocycles. The maximum Gasteiger partial charge on any atom is 0.0734 e. The molecule has 0 radical (unpaired) electrons. The molecule has 70 heavy (non-hydrogen) atoms. The van der Waals surface area contributed by atoms with E-state index in [0.29, 0.717) is 0 Å². The van der Waals surface area contributed by atoms with Crippen LogP contribution in [-0.4, -0.2) is 4.57 Å². The molecular formula is C67H46N2S. The highest BCUT2D eigenvalue weighted by Gasteiger charge is 2.48. The molecule has 2 nitrogen and oxygen atoms in total. The highest BCUT2D eigenvalue weighted by Crippen LogP contribution is 2.60. The van der Waals surface area contributed by atoms with E-state index >= 15 is 0 Å². The number of nitrogens with zero attached hydrogens (tertiary/aromatic N) is 2. The van der Waals surface area contributed by atoms with Gasteiger partial charge < -0.3 is 9.47 Å². The standard InChI is InChI=1S/C67H46N2S/c1-4-18-48(19-5-1)67(49-20-6-2-7-21-49)59-29-13-10-24-54(59)56-28-17-32-62(66(56)67)68(51-39-34-45(35-40-51)47-38-43-64-58(44-47)55-25-12-15-33-63(55)70-64)52-41-36-46(37-42-52)53-27-16-31-61-65(53)57-26-11-14-30-60(57)69(61)50-22-8-3-9-23-50/h1-10,12-13,15-44H,11,14H2. The summed E-state index contributed by atoms with van der Waals surface area (Å²) in [6.07, 6.45) is 6.95. The molecule has 0 spiro atoms. The SMILES string of the molecule is C1=c2c(n(-c3ccccc3)c3cccc(-c4ccc(N(c5ccc(-c6ccc7sc8ccccc8c7c6)cc5)c5cccc6c5C(c5ccccc5)(c5ccccc5)c5ccccc5-6)cc4)c23)=CCC1. The second kappa shape index (κ2) is 16.3. The van der Waals surface area contributed by atoms with Crippen molar-refractivity contribution in [3.8, 4) is 39.1 Å². The van der Waals surface area contributed by atoms with Crippen LogP contribution < -0.4 is 15.5 Å². The van der Waals surface area contributed by atoms with Crippen molar-refractivity contribution in [2.45, 2.75) is 18.3 Å². The smallest absolute Gasteiger partial charge is 0.0734 e. The van der Waals surface area contributed by atoms with Crippen molar-refractivity contribution in [1.29, 1.82) is 0 Å². The molecule has 0 atom stereocenters. The largest absolute Gasteiger partial charge is 0.310 e. The fraction of sp³-hybridized carbons (Fsp3) is 0.0448. The van der Waals surface area contributed by atoms with Crippen molar-refractivity contribution in [3.63, 3.8) is 0 Å². The third-order valence-electron chi connectivity index (χ3n) is 14.9. The second-order valence-electron chi connectivity index (χ2n) is 18.6. The Morgan fingerprint density at radius 1 is 0.429 bits per heavy atom. The van der Waals surface area contributed by atoms with Gasteiger partial charge in [0.15, 0.2) is 0 Å². The topological polar surface area (TPSA) is 8.17 Å². The molecule has 0 bridgehead atoms. The highest BCUT2D eigenvalue weighted by atomic mass is 32.1. The van der Waals surface area contributed by atoms with Crippen LogP contribution in [0.2, 0.25) is 0 Å². The molecule has 10 aromatic carbocycles. The predicted octanol–water partition coefficient (Wildman–Crippen LogP) is 16.5. The van der Waals surface area contributed by atoms with Crippen LogP contribution in [0.3, 0.4) is 0 Å². The summed E-state index contributed by atoms with van der Waals surface area (Å²) in [4.78, 5) is 2.51. The van der Waals surface area contributed by atoms with E-state index in [9.17, 15) is 0 Å². The van der Waals surface area contributed by atoms with Gasteiger partial charge in [0.2, 0.25) is 0 Å². The van der Waals surface area contributed by atoms with Gasteiger partial charge in [0.1, 0.15) is 0 Å². The van der Waals surface area contributed by atoms with Gasteiger partial charge >= 0.3 is 0 Å². The van der Waals surface area contributed by atoms with Gasteiger partial charge in [-0.2, -0.15) is 0 Å². The van der Waals surface area contributed by atoms with E-state index < -0.39 is 5.41 Å². The van der Waals surface area contributed by atoms with Crippen molar-refractivity contribution >= 4 is 71.6 Å². The van der Waals surface area contributed by atoms with Crippen LogP contribution in [0.4, 0.5) is 17.1 Å². The molecule has 0 N–H and O–H groups in total. The first-order valence-corrected chi connectivity index (χ1v) is 25.2. The molecular weight excluding hydrogens is 865 g/mol. The van der Waals surface area contributed by atoms with Crippen LogP contribution in [-0.2, 0) is 5.41 Å². The number of thiophene rings is 1. The van der Waals surface area contributed by atoms with E-state index in [1.807, 2.05) is 11.3 Å². The Kier molecular flexibility index (Phi) is 9.47. The second-order valence-corrected chi connectivity index (χ2v) is 19.7. The van der Waals surface area contributed by atoms with Gasteiger partial charge in [0.25, 0.3) is 0 Å². The normalized spacial score (nSPS) is 13.4. The minimum absolute atomic E-state index is 0.587. The molecule has 2 aliphatic carbocycles. The Morgan fingerprint density at radius 2 is 1.01 bits per heavy atom. The molecule has 330 valence electrons. The summed E-state index contributed by atoms with van der Waals surface area (Å²) >= 11 is 1.86. The van der Waals surface area contributed by atoms with Gasteiger partial charge in [-0.1, -0.05) is 188 Å². The number of fused-ring (bicyclic) bond motifs is 9. The molecule has 0 unspecified atom stereocenters. The molecule has 0 fully saturated rings. The van der Waals surface area contributed by atoms with Gasteiger partial charge in [-0.15, -0.1) is 11.3 Å². The van der Waals surface area contributed by atoms with E-state index in [-0.39, 0.29) is 0 Å². The fourth-order valence-electron chi connectivity index (χ4n) is 11.9. The lowest BCUT2D eigenvalue weighted by atomic mass is 9.67. The monoisotopic (exact) mass is 910 g/mol. The fourth-order valence-corrected chi connectivity index (χ4v) is 13.0. The maximum atomic E-state index is 2.51. The van der Waals surface area contributed by atoms with E-state index in [4.69, 9.17) is 0 Å². The molecule has 0 amide bonds. The zero-order chi connectivity index (χ0) is 46.2. The van der Waals surface area contributed by atoms with Crippen LogP contribution in [0.15, 0.2) is 243 Å². The maximum absolute atomic E-state index is 2.51. The predicted molar refractivity (Wildman–Crippen MR) is 296 cm³/mol. The quantitative estimate of drug-likeness (QED) is 0.147. The van der Waals surface area contributed by atoms with Crippen molar-refractivity contribution < 1.29 is 0 Å². The Labute approximate surface area is 411 Å². The number of rotatable bonds is 8. The van der Waals surface area contributed by atoms with E-state index in [1.54, 1.807) is 0 Å². The Bertz CT molecular complexity index is 4050. The number of aromatic nitrogens is 1. The Hall–Kier alpha value is -8.50. The molecule has 14 rings (SSSR count). The zero-order valence-corrected chi connectivity index (χ0v) is 39.3. The molecule has 0 saturated carbocycles. The van der Waals surface area contributed by atoms with Crippen LogP contribution in [0.5, 0.6) is 0 Å². The molecule has 2 aliphatic rings. The number of benzene rings is 10. The lowest BCUT2D eigenvalue weighted by molar-refractivity contribution is 0.768. The Morgan fingerprint density at radius 3 is 1.77 bits per heavy atom. The number of hydrogen-bond donors (Lipinski definition) is 0. The summed E-state index contributed by atoms with van der Waals surface area (Å²) in [5.41, 5.74) is 17.6. The number of anilines is 3. The minimum Gasteiger partial charge on any atom is -0.310 e. The summed E-state index contributed by atoms with van der Waals surface area (Å²) in [5.74, 6) is 0. The van der Waals surface area contributed by atoms with Crippen LogP contribution in [0, 0.1) is 0 Å². The van der Waals surface area contributed by atoms with Gasteiger partial charge in [-0.05, 0) is 130 Å². The average Bonchev–Trinajstić information content (AvgIpc) is 4.09. The summed E-state index contributed by atoms with van der Waals surface area (Å²) in [6.45, 7) is 0. The Balaban J connectivity index is 0.976. The van der Waals surface area contributed by atoms with Gasteiger partial charge in [0, 0.05) is 58.8 Å². The summed E-state index contributed by atoms with van der Waals surface area (Å²) < 4.78 is 5.09.